The molecule has 0 saturated heterocycles. The molecule has 0 amide bonds. The van der Waals surface area contributed by atoms with Crippen molar-refractivity contribution in [3.8, 4) is 34.1 Å². The minimum atomic E-state index is 0.423. The Labute approximate surface area is 125 Å². The number of aromatic nitrogens is 5. The molecule has 106 valence electrons. The third kappa shape index (κ3) is 2.16. The van der Waals surface area contributed by atoms with Crippen LogP contribution in [0, 0.1) is 0 Å². The van der Waals surface area contributed by atoms with Crippen molar-refractivity contribution in [1.29, 1.82) is 0 Å². The van der Waals surface area contributed by atoms with E-state index in [2.05, 4.69) is 25.3 Å². The fourth-order valence-corrected chi connectivity index (χ4v) is 2.22. The van der Waals surface area contributed by atoms with Gasteiger partial charge in [-0.15, -0.1) is 0 Å². The molecule has 6 nitrogen and oxygen atoms in total. The van der Waals surface area contributed by atoms with Crippen LogP contribution in [0.25, 0.3) is 34.1 Å². The van der Waals surface area contributed by atoms with E-state index in [0.29, 0.717) is 11.7 Å². The van der Waals surface area contributed by atoms with E-state index in [0.717, 1.165) is 22.4 Å². The normalized spacial score (nSPS) is 10.7. The summed E-state index contributed by atoms with van der Waals surface area (Å²) in [7, 11) is 0. The molecule has 0 atom stereocenters. The molecule has 0 bridgehead atoms. The average Bonchev–Trinajstić information content (AvgIpc) is 3.25. The first-order valence-electron chi connectivity index (χ1n) is 6.75. The zero-order valence-corrected chi connectivity index (χ0v) is 11.5. The van der Waals surface area contributed by atoms with Crippen LogP contribution in [0.5, 0.6) is 0 Å². The first-order valence-corrected chi connectivity index (χ1v) is 6.75. The first kappa shape index (κ1) is 12.5. The van der Waals surface area contributed by atoms with Crippen LogP contribution < -0.4 is 0 Å². The lowest BCUT2D eigenvalue weighted by Crippen LogP contribution is -1.84. The molecule has 0 saturated carbocycles. The fraction of sp³-hybridized carbons (Fsp3) is 0. The zero-order valence-electron chi connectivity index (χ0n) is 11.5. The van der Waals surface area contributed by atoms with Crippen molar-refractivity contribution in [2.75, 3.05) is 0 Å². The lowest BCUT2D eigenvalue weighted by atomic mass is 10.1. The summed E-state index contributed by atoms with van der Waals surface area (Å²) in [5.41, 5.74) is 3.44. The van der Waals surface area contributed by atoms with Gasteiger partial charge in [-0.05, 0) is 12.1 Å². The lowest BCUT2D eigenvalue weighted by Gasteiger charge is -1.98. The number of H-pyrrole nitrogens is 1. The molecule has 0 spiro atoms. The molecule has 22 heavy (non-hydrogen) atoms. The van der Waals surface area contributed by atoms with Gasteiger partial charge in [0.2, 0.25) is 5.82 Å². The van der Waals surface area contributed by atoms with Gasteiger partial charge < -0.3 is 4.52 Å². The number of nitrogens with one attached hydrogen (secondary N) is 1. The standard InChI is InChI=1S/C16H11N5O/c1-2-5-11(6-3-1)14-13(10-18-20-14)16-19-15(21-22-16)12-7-4-8-17-9-12/h1-10H,(H,18,20). The number of pyridine rings is 1. The maximum absolute atomic E-state index is 5.38. The first-order chi connectivity index (χ1) is 10.9. The fourth-order valence-electron chi connectivity index (χ4n) is 2.22. The van der Waals surface area contributed by atoms with Crippen LogP contribution in [-0.2, 0) is 0 Å². The predicted octanol–water partition coefficient (Wildman–Crippen LogP) is 3.19. The van der Waals surface area contributed by atoms with E-state index in [1.165, 1.54) is 0 Å². The van der Waals surface area contributed by atoms with Crippen LogP contribution in [0.4, 0.5) is 0 Å². The molecule has 0 aliphatic heterocycles. The molecule has 1 N–H and O–H groups in total. The smallest absolute Gasteiger partial charge is 0.262 e. The Morgan fingerprint density at radius 1 is 0.909 bits per heavy atom. The second-order valence-corrected chi connectivity index (χ2v) is 4.69. The minimum absolute atomic E-state index is 0.423. The van der Waals surface area contributed by atoms with E-state index < -0.39 is 0 Å². The highest BCUT2D eigenvalue weighted by Crippen LogP contribution is 2.29. The topological polar surface area (TPSA) is 80.5 Å². The molecule has 6 heteroatoms. The quantitative estimate of drug-likeness (QED) is 0.626. The third-order valence-electron chi connectivity index (χ3n) is 3.28. The van der Waals surface area contributed by atoms with E-state index in [1.807, 2.05) is 42.5 Å². The van der Waals surface area contributed by atoms with Gasteiger partial charge in [0, 0.05) is 23.5 Å². The van der Waals surface area contributed by atoms with Gasteiger partial charge in [-0.2, -0.15) is 10.1 Å². The van der Waals surface area contributed by atoms with Crippen molar-refractivity contribution >= 4 is 0 Å². The summed E-state index contributed by atoms with van der Waals surface area (Å²) in [6.45, 7) is 0. The molecule has 3 heterocycles. The molecular weight excluding hydrogens is 278 g/mol. The second kappa shape index (κ2) is 5.25. The van der Waals surface area contributed by atoms with Gasteiger partial charge in [-0.1, -0.05) is 35.5 Å². The Balaban J connectivity index is 1.76. The summed E-state index contributed by atoms with van der Waals surface area (Å²) in [5, 5.41) is 11.1. The van der Waals surface area contributed by atoms with Crippen molar-refractivity contribution in [3.63, 3.8) is 0 Å². The molecule has 3 aromatic heterocycles. The highest BCUT2D eigenvalue weighted by atomic mass is 16.5. The average molecular weight is 289 g/mol. The van der Waals surface area contributed by atoms with E-state index in [-0.39, 0.29) is 0 Å². The van der Waals surface area contributed by atoms with E-state index >= 15 is 0 Å². The van der Waals surface area contributed by atoms with Crippen LogP contribution in [0.1, 0.15) is 0 Å². The van der Waals surface area contributed by atoms with Crippen LogP contribution in [0.15, 0.2) is 65.6 Å². The molecule has 0 aliphatic carbocycles. The van der Waals surface area contributed by atoms with Crippen molar-refractivity contribution in [3.05, 3.63) is 61.1 Å². The number of hydrogen-bond donors (Lipinski definition) is 1. The molecule has 1 aromatic carbocycles. The molecular formula is C16H11N5O. The van der Waals surface area contributed by atoms with Crippen molar-refractivity contribution in [2.45, 2.75) is 0 Å². The van der Waals surface area contributed by atoms with Crippen molar-refractivity contribution in [1.82, 2.24) is 25.3 Å². The van der Waals surface area contributed by atoms with Crippen molar-refractivity contribution < 1.29 is 4.52 Å². The number of nitrogens with zero attached hydrogens (tertiary/aromatic N) is 4. The summed E-state index contributed by atoms with van der Waals surface area (Å²) >= 11 is 0. The Bertz CT molecular complexity index is 883. The van der Waals surface area contributed by atoms with Gasteiger partial charge >= 0.3 is 0 Å². The van der Waals surface area contributed by atoms with Gasteiger partial charge in [0.05, 0.1) is 17.5 Å². The molecule has 0 unspecified atom stereocenters. The summed E-state index contributed by atoms with van der Waals surface area (Å²) in [4.78, 5) is 8.49. The lowest BCUT2D eigenvalue weighted by molar-refractivity contribution is 0.432. The monoisotopic (exact) mass is 289 g/mol. The Kier molecular flexibility index (Phi) is 2.97. The SMILES string of the molecule is c1ccc(-c2[nH]ncc2-c2nc(-c3cccnc3)no2)cc1. The summed E-state index contributed by atoms with van der Waals surface area (Å²) in [6, 6.07) is 13.6. The number of hydrogen-bond acceptors (Lipinski definition) is 5. The second-order valence-electron chi connectivity index (χ2n) is 4.69. The maximum atomic E-state index is 5.38. The third-order valence-corrected chi connectivity index (χ3v) is 3.28. The van der Waals surface area contributed by atoms with Crippen LogP contribution in [0.3, 0.4) is 0 Å². The van der Waals surface area contributed by atoms with Gasteiger partial charge in [-0.25, -0.2) is 0 Å². The van der Waals surface area contributed by atoms with Crippen molar-refractivity contribution in [2.24, 2.45) is 0 Å². The molecule has 4 aromatic rings. The van der Waals surface area contributed by atoms with Crippen LogP contribution >= 0.6 is 0 Å². The van der Waals surface area contributed by atoms with Gasteiger partial charge in [0.1, 0.15) is 0 Å². The van der Waals surface area contributed by atoms with E-state index in [9.17, 15) is 0 Å². The number of rotatable bonds is 3. The molecule has 0 fully saturated rings. The maximum Gasteiger partial charge on any atom is 0.262 e. The summed E-state index contributed by atoms with van der Waals surface area (Å²) in [5.74, 6) is 0.926. The van der Waals surface area contributed by atoms with Crippen LogP contribution in [-0.4, -0.2) is 25.3 Å². The van der Waals surface area contributed by atoms with Crippen LogP contribution in [0.2, 0.25) is 0 Å². The van der Waals surface area contributed by atoms with Gasteiger partial charge in [-0.3, -0.25) is 10.1 Å². The van der Waals surface area contributed by atoms with E-state index in [1.54, 1.807) is 18.6 Å². The summed E-state index contributed by atoms with van der Waals surface area (Å²) < 4.78 is 5.38. The highest BCUT2D eigenvalue weighted by Gasteiger charge is 2.16. The number of aromatic amines is 1. The molecule has 0 aliphatic rings. The highest BCUT2D eigenvalue weighted by molar-refractivity contribution is 5.76. The largest absolute Gasteiger partial charge is 0.333 e. The Hall–Kier alpha value is -3.28. The number of benzene rings is 1. The Morgan fingerprint density at radius 3 is 2.59 bits per heavy atom. The summed E-state index contributed by atoms with van der Waals surface area (Å²) in [6.07, 6.45) is 5.08. The Morgan fingerprint density at radius 2 is 1.77 bits per heavy atom. The predicted molar refractivity (Wildman–Crippen MR) is 80.5 cm³/mol. The van der Waals surface area contributed by atoms with Gasteiger partial charge in [0.25, 0.3) is 5.89 Å². The minimum Gasteiger partial charge on any atom is -0.333 e. The van der Waals surface area contributed by atoms with E-state index in [4.69, 9.17) is 4.52 Å². The molecule has 0 radical (unpaired) electrons. The zero-order chi connectivity index (χ0) is 14.8. The van der Waals surface area contributed by atoms with Gasteiger partial charge in [0.15, 0.2) is 0 Å². The molecule has 4 rings (SSSR count).